The lowest BCUT2D eigenvalue weighted by Gasteiger charge is -2.43. The molecule has 1 fully saturated rings. The minimum atomic E-state index is -4.48. The van der Waals surface area contributed by atoms with Crippen LogP contribution in [0.2, 0.25) is 0 Å². The van der Waals surface area contributed by atoms with Crippen LogP contribution in [0.15, 0.2) is 25.0 Å². The molecule has 1 amide bonds. The summed E-state index contributed by atoms with van der Waals surface area (Å²) >= 11 is 5.52. The van der Waals surface area contributed by atoms with E-state index in [-0.39, 0.29) is 24.6 Å². The zero-order chi connectivity index (χ0) is 16.5. The molecule has 0 saturated carbocycles. The number of hydrogen-bond acceptors (Lipinski definition) is 4. The van der Waals surface area contributed by atoms with E-state index in [1.54, 1.807) is 17.9 Å². The van der Waals surface area contributed by atoms with Gasteiger partial charge in [-0.25, -0.2) is 9.97 Å². The number of anilines is 1. The molecule has 120 valence electrons. The molecule has 2 atom stereocenters. The maximum Gasteiger partial charge on any atom is 0.419 e. The fourth-order valence-electron chi connectivity index (χ4n) is 2.29. The number of carbonyl (C=O) groups excluding carboxylic acids is 1. The van der Waals surface area contributed by atoms with Crippen LogP contribution in [0.3, 0.4) is 0 Å². The average molecular weight is 335 g/mol. The van der Waals surface area contributed by atoms with Crippen molar-refractivity contribution in [1.82, 2.24) is 14.9 Å². The molecule has 1 saturated heterocycles. The maximum atomic E-state index is 12.5. The van der Waals surface area contributed by atoms with Crippen molar-refractivity contribution in [3.8, 4) is 0 Å². The predicted octanol–water partition coefficient (Wildman–Crippen LogP) is 2.92. The van der Waals surface area contributed by atoms with Crippen LogP contribution in [0.4, 0.5) is 23.9 Å². The van der Waals surface area contributed by atoms with Crippen molar-refractivity contribution in [2.75, 3.05) is 18.0 Å². The molecule has 22 heavy (non-hydrogen) atoms. The van der Waals surface area contributed by atoms with Crippen LogP contribution in [0.1, 0.15) is 12.5 Å². The Morgan fingerprint density at radius 3 is 2.45 bits per heavy atom. The summed E-state index contributed by atoms with van der Waals surface area (Å²) < 4.78 is 37.6. The molecule has 0 bridgehead atoms. The van der Waals surface area contributed by atoms with E-state index in [1.807, 2.05) is 0 Å². The van der Waals surface area contributed by atoms with Crippen molar-refractivity contribution in [2.45, 2.75) is 25.2 Å². The molecular formula is C13H14ClF3N4O. The second-order valence-electron chi connectivity index (χ2n) is 4.98. The zero-order valence-corrected chi connectivity index (χ0v) is 12.5. The molecule has 0 unspecified atom stereocenters. The third kappa shape index (κ3) is 3.32. The van der Waals surface area contributed by atoms with Crippen LogP contribution >= 0.6 is 11.6 Å². The normalized spacial score (nSPS) is 22.6. The van der Waals surface area contributed by atoms with Gasteiger partial charge in [0, 0.05) is 31.5 Å². The van der Waals surface area contributed by atoms with Gasteiger partial charge in [-0.05, 0) is 18.5 Å². The van der Waals surface area contributed by atoms with Gasteiger partial charge in [0.05, 0.1) is 11.6 Å². The van der Waals surface area contributed by atoms with E-state index in [2.05, 4.69) is 16.5 Å². The van der Waals surface area contributed by atoms with Crippen LogP contribution in [-0.4, -0.2) is 45.4 Å². The first-order valence-electron chi connectivity index (χ1n) is 6.48. The van der Waals surface area contributed by atoms with Gasteiger partial charge in [0.1, 0.15) is 0 Å². The molecular weight excluding hydrogens is 321 g/mol. The Labute approximate surface area is 130 Å². The number of aromatic nitrogens is 2. The summed E-state index contributed by atoms with van der Waals surface area (Å²) in [6.07, 6.45) is -1.41. The van der Waals surface area contributed by atoms with E-state index < -0.39 is 17.1 Å². The smallest absolute Gasteiger partial charge is 0.331 e. The Morgan fingerprint density at radius 2 is 2.00 bits per heavy atom. The van der Waals surface area contributed by atoms with Crippen molar-refractivity contribution in [3.05, 3.63) is 30.6 Å². The first-order valence-corrected chi connectivity index (χ1v) is 6.86. The fraction of sp³-hybridized carbons (Fsp3) is 0.462. The van der Waals surface area contributed by atoms with E-state index in [1.165, 1.54) is 4.90 Å². The topological polar surface area (TPSA) is 49.3 Å². The first-order chi connectivity index (χ1) is 10.2. The number of alkyl halides is 3. The van der Waals surface area contributed by atoms with Gasteiger partial charge in [-0.1, -0.05) is 6.08 Å². The number of nitrogens with zero attached hydrogens (tertiary/aromatic N) is 4. The second kappa shape index (κ2) is 6.12. The molecule has 0 radical (unpaired) electrons. The molecule has 1 aromatic rings. The van der Waals surface area contributed by atoms with Crippen molar-refractivity contribution in [3.63, 3.8) is 0 Å². The SMILES string of the molecule is C=C[C@@H]1CN(C(=O)Cl)[C@H](C)CN1c1ncc(C(F)(F)F)cn1. The summed E-state index contributed by atoms with van der Waals surface area (Å²) in [5.41, 5.74) is -0.908. The monoisotopic (exact) mass is 334 g/mol. The minimum absolute atomic E-state index is 0.159. The minimum Gasteiger partial charge on any atom is -0.331 e. The Bertz CT molecular complexity index is 563. The lowest BCUT2D eigenvalue weighted by molar-refractivity contribution is -0.138. The Morgan fingerprint density at radius 1 is 1.41 bits per heavy atom. The van der Waals surface area contributed by atoms with Gasteiger partial charge in [0.25, 0.3) is 0 Å². The zero-order valence-electron chi connectivity index (χ0n) is 11.7. The van der Waals surface area contributed by atoms with Gasteiger partial charge in [-0.15, -0.1) is 6.58 Å². The molecule has 0 aliphatic carbocycles. The van der Waals surface area contributed by atoms with Crippen molar-refractivity contribution in [1.29, 1.82) is 0 Å². The van der Waals surface area contributed by atoms with Crippen molar-refractivity contribution >= 4 is 22.9 Å². The third-order valence-corrected chi connectivity index (χ3v) is 3.71. The van der Waals surface area contributed by atoms with Crippen molar-refractivity contribution in [2.24, 2.45) is 0 Å². The van der Waals surface area contributed by atoms with Crippen LogP contribution in [-0.2, 0) is 6.18 Å². The molecule has 1 aliphatic heterocycles. The molecule has 0 spiro atoms. The molecule has 5 nitrogen and oxygen atoms in total. The van der Waals surface area contributed by atoms with Crippen LogP contribution < -0.4 is 4.90 Å². The number of piperazine rings is 1. The summed E-state index contributed by atoms with van der Waals surface area (Å²) in [6, 6.07) is -0.539. The number of rotatable bonds is 2. The quantitative estimate of drug-likeness (QED) is 0.474. The highest BCUT2D eigenvalue weighted by molar-refractivity contribution is 6.62. The highest BCUT2D eigenvalue weighted by atomic mass is 35.5. The van der Waals surface area contributed by atoms with E-state index in [4.69, 9.17) is 11.6 Å². The molecule has 1 aromatic heterocycles. The predicted molar refractivity (Wildman–Crippen MR) is 75.8 cm³/mol. The summed E-state index contributed by atoms with van der Waals surface area (Å²) in [5.74, 6) is 0.159. The molecule has 2 heterocycles. The lowest BCUT2D eigenvalue weighted by atomic mass is 10.1. The van der Waals surface area contributed by atoms with E-state index in [0.717, 1.165) is 12.4 Å². The third-order valence-electron chi connectivity index (χ3n) is 3.50. The van der Waals surface area contributed by atoms with Gasteiger partial charge >= 0.3 is 11.5 Å². The highest BCUT2D eigenvalue weighted by Gasteiger charge is 2.35. The van der Waals surface area contributed by atoms with E-state index in [0.29, 0.717) is 6.54 Å². The summed E-state index contributed by atoms with van der Waals surface area (Å²) in [4.78, 5) is 22.1. The van der Waals surface area contributed by atoms with E-state index in [9.17, 15) is 18.0 Å². The van der Waals surface area contributed by atoms with Crippen LogP contribution in [0, 0.1) is 0 Å². The summed E-state index contributed by atoms with van der Waals surface area (Å²) in [5, 5.41) is -0.577. The van der Waals surface area contributed by atoms with Gasteiger partial charge < -0.3 is 9.80 Å². The number of halogens is 4. The van der Waals surface area contributed by atoms with Gasteiger partial charge in [0.15, 0.2) is 0 Å². The maximum absolute atomic E-state index is 12.5. The van der Waals surface area contributed by atoms with Gasteiger partial charge in [0.2, 0.25) is 5.95 Å². The Balaban J connectivity index is 2.24. The molecule has 9 heteroatoms. The summed E-state index contributed by atoms with van der Waals surface area (Å²) in [6.45, 7) is 6.09. The molecule has 0 aromatic carbocycles. The number of amides is 1. The fourth-order valence-corrected chi connectivity index (χ4v) is 2.53. The number of hydrogen-bond donors (Lipinski definition) is 0. The second-order valence-corrected chi connectivity index (χ2v) is 5.30. The van der Waals surface area contributed by atoms with E-state index >= 15 is 0 Å². The molecule has 2 rings (SSSR count). The van der Waals surface area contributed by atoms with Crippen LogP contribution in [0.25, 0.3) is 0 Å². The molecule has 1 aliphatic rings. The first kappa shape index (κ1) is 16.5. The Kier molecular flexibility index (Phi) is 4.60. The largest absolute Gasteiger partial charge is 0.419 e. The number of carbonyl (C=O) groups is 1. The average Bonchev–Trinajstić information content (AvgIpc) is 2.46. The van der Waals surface area contributed by atoms with Gasteiger partial charge in [-0.2, -0.15) is 13.2 Å². The summed E-state index contributed by atoms with van der Waals surface area (Å²) in [7, 11) is 0. The Hall–Kier alpha value is -1.83. The highest BCUT2D eigenvalue weighted by Crippen LogP contribution is 2.29. The van der Waals surface area contributed by atoms with Crippen LogP contribution in [0.5, 0.6) is 0 Å². The van der Waals surface area contributed by atoms with Gasteiger partial charge in [-0.3, -0.25) is 4.79 Å². The molecule has 0 N–H and O–H groups in total. The van der Waals surface area contributed by atoms with Crippen molar-refractivity contribution < 1.29 is 18.0 Å². The standard InChI is InChI=1S/C13H14ClF3N4O/c1-3-10-7-20(11(14)22)8(2)6-21(10)12-18-4-9(5-19-12)13(15,16)17/h3-5,8,10H,1,6-7H2,2H3/t8-,10-/m1/s1. The lowest BCUT2D eigenvalue weighted by Crippen LogP contribution is -2.58.